The maximum absolute atomic E-state index is 13.0. The molecule has 0 radical (unpaired) electrons. The number of hydroxylamine groups is 2. The lowest BCUT2D eigenvalue weighted by atomic mass is 9.97. The van der Waals surface area contributed by atoms with Crippen molar-refractivity contribution in [2.45, 2.75) is 31.6 Å². The van der Waals surface area contributed by atoms with Gasteiger partial charge in [-0.15, -0.1) is 0 Å². The Balaban J connectivity index is 1.02. The third kappa shape index (κ3) is 4.67. The van der Waals surface area contributed by atoms with E-state index in [0.29, 0.717) is 24.6 Å². The third-order valence-electron chi connectivity index (χ3n) is 7.85. The van der Waals surface area contributed by atoms with Crippen molar-refractivity contribution in [2.24, 2.45) is 5.92 Å². The van der Waals surface area contributed by atoms with E-state index in [1.165, 1.54) is 34.4 Å². The van der Waals surface area contributed by atoms with Gasteiger partial charge in [-0.2, -0.15) is 0 Å². The second-order valence-corrected chi connectivity index (χ2v) is 10.2. The zero-order valence-electron chi connectivity index (χ0n) is 21.4. The normalized spacial score (nSPS) is 18.3. The van der Waals surface area contributed by atoms with Crippen LogP contribution in [0.4, 0.5) is 4.79 Å². The Morgan fingerprint density at radius 3 is 1.92 bits per heavy atom. The van der Waals surface area contributed by atoms with Gasteiger partial charge in [-0.25, -0.2) is 9.59 Å². The van der Waals surface area contributed by atoms with Crippen molar-refractivity contribution in [1.29, 1.82) is 0 Å². The highest BCUT2D eigenvalue weighted by atomic mass is 16.7. The van der Waals surface area contributed by atoms with Gasteiger partial charge in [0.2, 0.25) is 0 Å². The van der Waals surface area contributed by atoms with Crippen LogP contribution in [0.25, 0.3) is 11.1 Å². The molecule has 3 aromatic rings. The predicted molar refractivity (Wildman–Crippen MR) is 142 cm³/mol. The number of rotatable bonds is 5. The first-order valence-corrected chi connectivity index (χ1v) is 13.3. The molecule has 2 heterocycles. The molecule has 3 amide bonds. The quantitative estimate of drug-likeness (QED) is 0.427. The molecule has 1 atom stereocenters. The van der Waals surface area contributed by atoms with E-state index >= 15 is 0 Å². The van der Waals surface area contributed by atoms with Crippen molar-refractivity contribution in [1.82, 2.24) is 9.96 Å². The van der Waals surface area contributed by atoms with Crippen LogP contribution in [0.5, 0.6) is 0 Å². The van der Waals surface area contributed by atoms with Gasteiger partial charge < -0.3 is 14.5 Å². The summed E-state index contributed by atoms with van der Waals surface area (Å²) in [6.45, 7) is 1.27. The van der Waals surface area contributed by atoms with Gasteiger partial charge in [0, 0.05) is 19.0 Å². The highest BCUT2D eigenvalue weighted by molar-refractivity contribution is 6.20. The second kappa shape index (κ2) is 10.4. The minimum atomic E-state index is -0.635. The Bertz CT molecular complexity index is 1390. The molecule has 39 heavy (non-hydrogen) atoms. The Morgan fingerprint density at radius 2 is 1.31 bits per heavy atom. The summed E-state index contributed by atoms with van der Waals surface area (Å²) in [7, 11) is 0. The lowest BCUT2D eigenvalue weighted by molar-refractivity contribution is -0.169. The fourth-order valence-corrected chi connectivity index (χ4v) is 5.86. The summed E-state index contributed by atoms with van der Waals surface area (Å²) in [5, 5.41) is 0.548. The molecule has 0 spiro atoms. The molecule has 6 rings (SSSR count). The summed E-state index contributed by atoms with van der Waals surface area (Å²) in [4.78, 5) is 57.4. The van der Waals surface area contributed by atoms with Gasteiger partial charge in [-0.05, 0) is 59.6 Å². The Kier molecular flexibility index (Phi) is 6.60. The number of hydrogen-bond donors (Lipinski definition) is 0. The molecule has 0 N–H and O–H groups in total. The number of ether oxygens (including phenoxy) is 1. The number of fused-ring (bicyclic) bond motifs is 4. The van der Waals surface area contributed by atoms with Gasteiger partial charge in [-0.3, -0.25) is 9.59 Å². The number of hydrogen-bond acceptors (Lipinski definition) is 6. The molecular formula is C31H28N2O6. The van der Waals surface area contributed by atoms with Crippen molar-refractivity contribution in [2.75, 3.05) is 19.7 Å². The molecule has 1 aliphatic carbocycles. The lowest BCUT2D eigenvalue weighted by Crippen LogP contribution is -2.34. The number of amides is 3. The van der Waals surface area contributed by atoms with E-state index in [0.717, 1.165) is 12.8 Å². The van der Waals surface area contributed by atoms with Crippen LogP contribution in [0.15, 0.2) is 72.8 Å². The molecule has 0 aromatic heterocycles. The average Bonchev–Trinajstić information content (AvgIpc) is 3.26. The van der Waals surface area contributed by atoms with Crippen LogP contribution >= 0.6 is 0 Å². The zero-order chi connectivity index (χ0) is 26.9. The van der Waals surface area contributed by atoms with Crippen LogP contribution < -0.4 is 0 Å². The van der Waals surface area contributed by atoms with Crippen LogP contribution in [-0.2, 0) is 14.4 Å². The van der Waals surface area contributed by atoms with Crippen molar-refractivity contribution in [3.63, 3.8) is 0 Å². The van der Waals surface area contributed by atoms with E-state index in [9.17, 15) is 19.2 Å². The Labute approximate surface area is 226 Å². The van der Waals surface area contributed by atoms with E-state index < -0.39 is 17.8 Å². The molecular weight excluding hydrogens is 496 g/mol. The molecule has 3 aliphatic rings. The standard InChI is InChI=1S/C31H28N2O6/c34-28(39-33-29(35)25-13-5-6-14-26(25)30(33)36)18-20-8-7-16-32(17-15-20)31(37)38-19-27-23-11-3-1-9-21(23)22-10-2-4-12-24(22)27/h1-6,9-14,20,27H,7-8,15-19H2. The predicted octanol–water partition coefficient (Wildman–Crippen LogP) is 5.18. The monoisotopic (exact) mass is 524 g/mol. The number of carbonyl (C=O) groups is 4. The van der Waals surface area contributed by atoms with Crippen molar-refractivity contribution in [3.05, 3.63) is 95.1 Å². The summed E-state index contributed by atoms with van der Waals surface area (Å²) in [5.41, 5.74) is 5.14. The molecule has 3 aromatic carbocycles. The van der Waals surface area contributed by atoms with E-state index in [4.69, 9.17) is 9.57 Å². The van der Waals surface area contributed by atoms with Crippen LogP contribution in [0.2, 0.25) is 0 Å². The Morgan fingerprint density at radius 1 is 0.744 bits per heavy atom. The summed E-state index contributed by atoms with van der Waals surface area (Å²) in [6, 6.07) is 22.8. The molecule has 1 unspecified atom stereocenters. The van der Waals surface area contributed by atoms with Gasteiger partial charge in [0.1, 0.15) is 6.61 Å². The average molecular weight is 525 g/mol. The number of nitrogens with zero attached hydrogens (tertiary/aromatic N) is 2. The van der Waals surface area contributed by atoms with Gasteiger partial charge >= 0.3 is 12.1 Å². The fraction of sp³-hybridized carbons (Fsp3) is 0.290. The van der Waals surface area contributed by atoms with Crippen LogP contribution in [0.1, 0.15) is 63.4 Å². The van der Waals surface area contributed by atoms with Crippen LogP contribution in [-0.4, -0.2) is 53.5 Å². The van der Waals surface area contributed by atoms with Crippen LogP contribution in [0.3, 0.4) is 0 Å². The minimum Gasteiger partial charge on any atom is -0.448 e. The van der Waals surface area contributed by atoms with Gasteiger partial charge in [0.25, 0.3) is 11.8 Å². The molecule has 8 nitrogen and oxygen atoms in total. The lowest BCUT2D eigenvalue weighted by Gasteiger charge is -2.22. The summed E-state index contributed by atoms with van der Waals surface area (Å²) >= 11 is 0. The number of benzene rings is 3. The largest absolute Gasteiger partial charge is 0.448 e. The topological polar surface area (TPSA) is 93.2 Å². The first-order valence-electron chi connectivity index (χ1n) is 13.3. The van der Waals surface area contributed by atoms with E-state index in [1.54, 1.807) is 17.0 Å². The molecule has 198 valence electrons. The molecule has 0 bridgehead atoms. The fourth-order valence-electron chi connectivity index (χ4n) is 5.86. The van der Waals surface area contributed by atoms with Crippen molar-refractivity contribution < 1.29 is 28.8 Å². The summed E-state index contributed by atoms with van der Waals surface area (Å²) < 4.78 is 5.81. The summed E-state index contributed by atoms with van der Waals surface area (Å²) in [5.74, 6) is -1.93. The SMILES string of the molecule is O=C(CC1CCCN(C(=O)OCC2c3ccccc3-c3ccccc32)CC1)ON1C(=O)c2ccccc2C1=O. The molecule has 1 fully saturated rings. The van der Waals surface area contributed by atoms with Crippen molar-refractivity contribution >= 4 is 23.9 Å². The second-order valence-electron chi connectivity index (χ2n) is 10.2. The third-order valence-corrected chi connectivity index (χ3v) is 7.85. The molecule has 1 saturated heterocycles. The number of imide groups is 1. The van der Waals surface area contributed by atoms with E-state index in [2.05, 4.69) is 24.3 Å². The molecule has 2 aliphatic heterocycles. The van der Waals surface area contributed by atoms with Crippen LogP contribution in [0, 0.1) is 5.92 Å². The highest BCUT2D eigenvalue weighted by Crippen LogP contribution is 2.44. The maximum Gasteiger partial charge on any atom is 0.409 e. The van der Waals surface area contributed by atoms with Gasteiger partial charge in [0.05, 0.1) is 17.5 Å². The van der Waals surface area contributed by atoms with E-state index in [1.807, 2.05) is 24.3 Å². The van der Waals surface area contributed by atoms with E-state index in [-0.39, 0.29) is 42.1 Å². The summed E-state index contributed by atoms with van der Waals surface area (Å²) in [6.07, 6.45) is 1.75. The Hall–Kier alpha value is -4.46. The number of carbonyl (C=O) groups excluding carboxylic acids is 4. The zero-order valence-corrected chi connectivity index (χ0v) is 21.4. The maximum atomic E-state index is 13.0. The number of likely N-dealkylation sites (tertiary alicyclic amines) is 1. The first-order chi connectivity index (χ1) is 19.0. The van der Waals surface area contributed by atoms with Crippen molar-refractivity contribution in [3.8, 4) is 11.1 Å². The minimum absolute atomic E-state index is 0.00186. The smallest absolute Gasteiger partial charge is 0.409 e. The van der Waals surface area contributed by atoms with Gasteiger partial charge in [-0.1, -0.05) is 65.7 Å². The first kappa shape index (κ1) is 24.9. The molecule has 8 heteroatoms. The highest BCUT2D eigenvalue weighted by Gasteiger charge is 2.39. The van der Waals surface area contributed by atoms with Gasteiger partial charge in [0.15, 0.2) is 0 Å². The molecule has 0 saturated carbocycles.